The molecule has 0 saturated carbocycles. The zero-order chi connectivity index (χ0) is 11.4. The standard InChI is InChI=1S/C13H21N3/c1-2-12(14)13-9-11(5-8-16-13)10-3-6-15-7-4-10/h5,8-10,12,15H,2-4,6-7,14H2,1H3. The molecule has 0 spiro atoms. The highest BCUT2D eigenvalue weighted by molar-refractivity contribution is 5.23. The molecular weight excluding hydrogens is 198 g/mol. The van der Waals surface area contributed by atoms with Crippen molar-refractivity contribution in [3.05, 3.63) is 29.6 Å². The molecule has 1 aromatic rings. The summed E-state index contributed by atoms with van der Waals surface area (Å²) in [5.41, 5.74) is 8.47. The summed E-state index contributed by atoms with van der Waals surface area (Å²) in [5, 5.41) is 3.39. The molecule has 1 aliphatic heterocycles. The van der Waals surface area contributed by atoms with E-state index in [-0.39, 0.29) is 6.04 Å². The van der Waals surface area contributed by atoms with Gasteiger partial charge in [0.25, 0.3) is 0 Å². The zero-order valence-corrected chi connectivity index (χ0v) is 9.95. The van der Waals surface area contributed by atoms with E-state index < -0.39 is 0 Å². The molecule has 2 heterocycles. The highest BCUT2D eigenvalue weighted by Crippen LogP contribution is 2.26. The fourth-order valence-electron chi connectivity index (χ4n) is 2.29. The first-order chi connectivity index (χ1) is 7.81. The van der Waals surface area contributed by atoms with E-state index in [0.29, 0.717) is 5.92 Å². The van der Waals surface area contributed by atoms with Crippen molar-refractivity contribution in [1.29, 1.82) is 0 Å². The number of rotatable bonds is 3. The van der Waals surface area contributed by atoms with Gasteiger partial charge in [-0.25, -0.2) is 0 Å². The van der Waals surface area contributed by atoms with Gasteiger partial charge in [-0.15, -0.1) is 0 Å². The molecule has 1 aliphatic rings. The van der Waals surface area contributed by atoms with Crippen molar-refractivity contribution in [2.45, 2.75) is 38.1 Å². The van der Waals surface area contributed by atoms with Crippen molar-refractivity contribution in [1.82, 2.24) is 10.3 Å². The smallest absolute Gasteiger partial charge is 0.0573 e. The second-order valence-electron chi connectivity index (χ2n) is 4.55. The Morgan fingerprint density at radius 1 is 1.50 bits per heavy atom. The first-order valence-corrected chi connectivity index (χ1v) is 6.23. The quantitative estimate of drug-likeness (QED) is 0.817. The lowest BCUT2D eigenvalue weighted by atomic mass is 9.90. The minimum Gasteiger partial charge on any atom is -0.323 e. The second kappa shape index (κ2) is 5.41. The van der Waals surface area contributed by atoms with Crippen LogP contribution in [-0.2, 0) is 0 Å². The van der Waals surface area contributed by atoms with Crippen molar-refractivity contribution in [2.75, 3.05) is 13.1 Å². The lowest BCUT2D eigenvalue weighted by Crippen LogP contribution is -2.26. The van der Waals surface area contributed by atoms with Gasteiger partial charge < -0.3 is 11.1 Å². The van der Waals surface area contributed by atoms with E-state index in [1.165, 1.54) is 18.4 Å². The lowest BCUT2D eigenvalue weighted by molar-refractivity contribution is 0.459. The van der Waals surface area contributed by atoms with Crippen LogP contribution in [-0.4, -0.2) is 18.1 Å². The van der Waals surface area contributed by atoms with Gasteiger partial charge in [0.1, 0.15) is 0 Å². The van der Waals surface area contributed by atoms with Crippen molar-refractivity contribution in [2.24, 2.45) is 5.73 Å². The maximum atomic E-state index is 6.02. The highest BCUT2D eigenvalue weighted by Gasteiger charge is 2.16. The Labute approximate surface area is 97.5 Å². The van der Waals surface area contributed by atoms with E-state index in [1.807, 2.05) is 6.20 Å². The monoisotopic (exact) mass is 219 g/mol. The predicted octanol–water partition coefficient (Wildman–Crippen LogP) is 1.96. The van der Waals surface area contributed by atoms with Gasteiger partial charge >= 0.3 is 0 Å². The Kier molecular flexibility index (Phi) is 3.91. The number of hydrogen-bond donors (Lipinski definition) is 2. The van der Waals surface area contributed by atoms with Gasteiger partial charge in [0.15, 0.2) is 0 Å². The molecule has 0 aromatic carbocycles. The van der Waals surface area contributed by atoms with E-state index in [2.05, 4.69) is 29.4 Å². The third-order valence-electron chi connectivity index (χ3n) is 3.44. The van der Waals surface area contributed by atoms with Crippen LogP contribution < -0.4 is 11.1 Å². The van der Waals surface area contributed by atoms with Gasteiger partial charge in [-0.2, -0.15) is 0 Å². The fraction of sp³-hybridized carbons (Fsp3) is 0.615. The van der Waals surface area contributed by atoms with Gasteiger partial charge in [0, 0.05) is 12.2 Å². The van der Waals surface area contributed by atoms with Crippen LogP contribution >= 0.6 is 0 Å². The zero-order valence-electron chi connectivity index (χ0n) is 9.95. The number of pyridine rings is 1. The first-order valence-electron chi connectivity index (χ1n) is 6.23. The Morgan fingerprint density at radius 2 is 2.25 bits per heavy atom. The van der Waals surface area contributed by atoms with Crippen LogP contribution in [0, 0.1) is 0 Å². The summed E-state index contributed by atoms with van der Waals surface area (Å²) in [6.07, 6.45) is 5.31. The molecule has 1 aromatic heterocycles. The summed E-state index contributed by atoms with van der Waals surface area (Å²) in [6.45, 7) is 4.36. The molecule has 2 rings (SSSR count). The second-order valence-corrected chi connectivity index (χ2v) is 4.55. The van der Waals surface area contributed by atoms with Crippen molar-refractivity contribution >= 4 is 0 Å². The van der Waals surface area contributed by atoms with Gasteiger partial charge in [0.2, 0.25) is 0 Å². The molecule has 16 heavy (non-hydrogen) atoms. The normalized spacial score (nSPS) is 19.6. The first kappa shape index (κ1) is 11.6. The number of nitrogens with one attached hydrogen (secondary N) is 1. The molecule has 1 atom stereocenters. The average molecular weight is 219 g/mol. The summed E-state index contributed by atoms with van der Waals surface area (Å²) in [5.74, 6) is 0.687. The summed E-state index contributed by atoms with van der Waals surface area (Å²) in [7, 11) is 0. The van der Waals surface area contributed by atoms with Crippen LogP contribution in [0.1, 0.15) is 49.4 Å². The summed E-state index contributed by atoms with van der Waals surface area (Å²) in [4.78, 5) is 4.36. The minimum absolute atomic E-state index is 0.0849. The van der Waals surface area contributed by atoms with Gasteiger partial charge in [-0.3, -0.25) is 4.98 Å². The third kappa shape index (κ3) is 2.60. The van der Waals surface area contributed by atoms with E-state index in [9.17, 15) is 0 Å². The van der Waals surface area contributed by atoms with Crippen LogP contribution in [0.25, 0.3) is 0 Å². The van der Waals surface area contributed by atoms with Gasteiger partial charge in [0.05, 0.1) is 5.69 Å². The largest absolute Gasteiger partial charge is 0.323 e. The maximum Gasteiger partial charge on any atom is 0.0573 e. The van der Waals surface area contributed by atoms with Crippen LogP contribution in [0.3, 0.4) is 0 Å². The van der Waals surface area contributed by atoms with E-state index in [4.69, 9.17) is 5.73 Å². The Hall–Kier alpha value is -0.930. The lowest BCUT2D eigenvalue weighted by Gasteiger charge is -2.23. The molecular formula is C13H21N3. The molecule has 1 fully saturated rings. The van der Waals surface area contributed by atoms with Crippen molar-refractivity contribution in [3.8, 4) is 0 Å². The molecule has 0 bridgehead atoms. The molecule has 0 radical (unpaired) electrons. The van der Waals surface area contributed by atoms with E-state index >= 15 is 0 Å². The van der Waals surface area contributed by atoms with Crippen LogP contribution in [0.2, 0.25) is 0 Å². The number of hydrogen-bond acceptors (Lipinski definition) is 3. The summed E-state index contributed by atoms with van der Waals surface area (Å²) in [6, 6.07) is 4.42. The fourth-order valence-corrected chi connectivity index (χ4v) is 2.29. The Morgan fingerprint density at radius 3 is 2.94 bits per heavy atom. The van der Waals surface area contributed by atoms with Crippen LogP contribution in [0.5, 0.6) is 0 Å². The third-order valence-corrected chi connectivity index (χ3v) is 3.44. The molecule has 0 amide bonds. The molecule has 1 saturated heterocycles. The molecule has 3 nitrogen and oxygen atoms in total. The summed E-state index contributed by atoms with van der Waals surface area (Å²) >= 11 is 0. The van der Waals surface area contributed by atoms with Crippen LogP contribution in [0.4, 0.5) is 0 Å². The predicted molar refractivity (Wildman–Crippen MR) is 66.3 cm³/mol. The number of aromatic nitrogens is 1. The van der Waals surface area contributed by atoms with E-state index in [1.54, 1.807) is 0 Å². The highest BCUT2D eigenvalue weighted by atomic mass is 14.9. The number of nitrogens with zero attached hydrogens (tertiary/aromatic N) is 1. The Bertz CT molecular complexity index is 332. The number of piperidine rings is 1. The van der Waals surface area contributed by atoms with E-state index in [0.717, 1.165) is 25.2 Å². The van der Waals surface area contributed by atoms with Crippen LogP contribution in [0.15, 0.2) is 18.3 Å². The molecule has 88 valence electrons. The molecule has 0 aliphatic carbocycles. The molecule has 3 heteroatoms. The van der Waals surface area contributed by atoms with Crippen molar-refractivity contribution < 1.29 is 0 Å². The van der Waals surface area contributed by atoms with Crippen molar-refractivity contribution in [3.63, 3.8) is 0 Å². The van der Waals surface area contributed by atoms with Gasteiger partial charge in [-0.05, 0) is 56.0 Å². The van der Waals surface area contributed by atoms with Gasteiger partial charge in [-0.1, -0.05) is 6.92 Å². The SMILES string of the molecule is CCC(N)c1cc(C2CCNCC2)ccn1. The minimum atomic E-state index is 0.0849. The topological polar surface area (TPSA) is 50.9 Å². The number of nitrogens with two attached hydrogens (primary N) is 1. The Balaban J connectivity index is 2.14. The molecule has 3 N–H and O–H groups in total. The summed E-state index contributed by atoms with van der Waals surface area (Å²) < 4.78 is 0. The molecule has 1 unspecified atom stereocenters. The average Bonchev–Trinajstić information content (AvgIpc) is 2.39. The maximum absolute atomic E-state index is 6.02.